The maximum Gasteiger partial charge on any atom is 0.243 e. The summed E-state index contributed by atoms with van der Waals surface area (Å²) in [6, 6.07) is 4.57. The first-order valence-corrected chi connectivity index (χ1v) is 7.85. The summed E-state index contributed by atoms with van der Waals surface area (Å²) >= 11 is 0. The van der Waals surface area contributed by atoms with Crippen molar-refractivity contribution in [2.45, 2.75) is 31.8 Å². The molecule has 0 saturated carbocycles. The Hall–Kier alpha value is -2.57. The lowest BCUT2D eigenvalue weighted by molar-refractivity contribution is -0.122. The molecule has 2 heterocycles. The van der Waals surface area contributed by atoms with E-state index >= 15 is 0 Å². The number of rotatable bonds is 4. The Morgan fingerprint density at radius 2 is 2.04 bits per heavy atom. The van der Waals surface area contributed by atoms with Crippen molar-refractivity contribution in [3.05, 3.63) is 53.9 Å². The van der Waals surface area contributed by atoms with Gasteiger partial charge in [-0.3, -0.25) is 4.79 Å². The summed E-state index contributed by atoms with van der Waals surface area (Å²) in [5.41, 5.74) is 0.516. The van der Waals surface area contributed by atoms with Crippen LogP contribution >= 0.6 is 0 Å². The Morgan fingerprint density at radius 1 is 1.29 bits per heavy atom. The van der Waals surface area contributed by atoms with E-state index in [1.165, 1.54) is 6.07 Å². The zero-order valence-corrected chi connectivity index (χ0v) is 13.2. The molecule has 5 nitrogen and oxygen atoms in total. The SMILES string of the molecule is C[C@H](NC(=O)[C@@H]1CCCN1c1ncccn1)c1ccc(F)c(F)c1. The van der Waals surface area contributed by atoms with E-state index in [4.69, 9.17) is 0 Å². The zero-order chi connectivity index (χ0) is 17.1. The fourth-order valence-corrected chi connectivity index (χ4v) is 2.89. The monoisotopic (exact) mass is 332 g/mol. The maximum atomic E-state index is 13.3. The Labute approximate surface area is 138 Å². The number of hydrogen-bond donors (Lipinski definition) is 1. The van der Waals surface area contributed by atoms with E-state index in [-0.39, 0.29) is 11.9 Å². The molecule has 1 aromatic heterocycles. The highest BCUT2D eigenvalue weighted by Gasteiger charge is 2.33. The molecule has 2 aromatic rings. The molecule has 0 unspecified atom stereocenters. The summed E-state index contributed by atoms with van der Waals surface area (Å²) in [5, 5.41) is 2.86. The van der Waals surface area contributed by atoms with E-state index in [0.29, 0.717) is 24.5 Å². The molecule has 1 aliphatic heterocycles. The second kappa shape index (κ2) is 6.90. The van der Waals surface area contributed by atoms with Gasteiger partial charge < -0.3 is 10.2 Å². The molecule has 126 valence electrons. The molecule has 1 saturated heterocycles. The molecule has 1 aliphatic rings. The van der Waals surface area contributed by atoms with Gasteiger partial charge in [-0.15, -0.1) is 0 Å². The van der Waals surface area contributed by atoms with E-state index in [2.05, 4.69) is 15.3 Å². The molecule has 24 heavy (non-hydrogen) atoms. The van der Waals surface area contributed by atoms with Crippen LogP contribution in [-0.4, -0.2) is 28.5 Å². The predicted molar refractivity (Wildman–Crippen MR) is 85.3 cm³/mol. The minimum Gasteiger partial charge on any atom is -0.348 e. The van der Waals surface area contributed by atoms with Gasteiger partial charge in [0.2, 0.25) is 11.9 Å². The lowest BCUT2D eigenvalue weighted by Crippen LogP contribution is -2.44. The predicted octanol–water partition coefficient (Wildman–Crippen LogP) is 2.60. The number of nitrogens with one attached hydrogen (secondary N) is 1. The van der Waals surface area contributed by atoms with Gasteiger partial charge in [-0.1, -0.05) is 6.07 Å². The minimum absolute atomic E-state index is 0.169. The second-order valence-electron chi connectivity index (χ2n) is 5.80. The van der Waals surface area contributed by atoms with Gasteiger partial charge in [0.15, 0.2) is 11.6 Å². The molecule has 1 amide bonds. The highest BCUT2D eigenvalue weighted by molar-refractivity contribution is 5.85. The number of amides is 1. The molecular weight excluding hydrogens is 314 g/mol. The highest BCUT2D eigenvalue weighted by atomic mass is 19.2. The van der Waals surface area contributed by atoms with Crippen molar-refractivity contribution in [3.8, 4) is 0 Å². The number of benzene rings is 1. The quantitative estimate of drug-likeness (QED) is 0.935. The van der Waals surface area contributed by atoms with Crippen molar-refractivity contribution in [3.63, 3.8) is 0 Å². The fourth-order valence-electron chi connectivity index (χ4n) is 2.89. The van der Waals surface area contributed by atoms with Gasteiger partial charge >= 0.3 is 0 Å². The molecule has 0 bridgehead atoms. The van der Waals surface area contributed by atoms with Gasteiger partial charge in [0.1, 0.15) is 6.04 Å². The first kappa shape index (κ1) is 16.3. The van der Waals surface area contributed by atoms with Gasteiger partial charge in [-0.05, 0) is 43.5 Å². The van der Waals surface area contributed by atoms with Crippen LogP contribution in [0.1, 0.15) is 31.4 Å². The van der Waals surface area contributed by atoms with Crippen LogP contribution < -0.4 is 10.2 Å². The van der Waals surface area contributed by atoms with Crippen molar-refractivity contribution in [1.29, 1.82) is 0 Å². The summed E-state index contributed by atoms with van der Waals surface area (Å²) in [4.78, 5) is 22.8. The van der Waals surface area contributed by atoms with Crippen LogP contribution in [0, 0.1) is 11.6 Å². The number of nitrogens with zero attached hydrogens (tertiary/aromatic N) is 3. The summed E-state index contributed by atoms with van der Waals surface area (Å²) in [6.07, 6.45) is 4.85. The van der Waals surface area contributed by atoms with Crippen LogP contribution in [0.25, 0.3) is 0 Å². The van der Waals surface area contributed by atoms with Crippen molar-refractivity contribution in [1.82, 2.24) is 15.3 Å². The van der Waals surface area contributed by atoms with Gasteiger partial charge in [0.05, 0.1) is 6.04 Å². The molecule has 1 aromatic carbocycles. The van der Waals surface area contributed by atoms with E-state index < -0.39 is 17.7 Å². The summed E-state index contributed by atoms with van der Waals surface area (Å²) in [5.74, 6) is -1.47. The number of hydrogen-bond acceptors (Lipinski definition) is 4. The van der Waals surface area contributed by atoms with E-state index in [1.54, 1.807) is 25.4 Å². The maximum absolute atomic E-state index is 13.3. The van der Waals surface area contributed by atoms with Crippen molar-refractivity contribution in [2.24, 2.45) is 0 Å². The third kappa shape index (κ3) is 3.34. The van der Waals surface area contributed by atoms with Crippen LogP contribution in [0.2, 0.25) is 0 Å². The third-order valence-electron chi connectivity index (χ3n) is 4.17. The minimum atomic E-state index is -0.922. The Morgan fingerprint density at radius 3 is 2.75 bits per heavy atom. The van der Waals surface area contributed by atoms with Crippen LogP contribution in [-0.2, 0) is 4.79 Å². The molecule has 2 atom stereocenters. The van der Waals surface area contributed by atoms with Gasteiger partial charge in [-0.2, -0.15) is 0 Å². The number of aromatic nitrogens is 2. The molecule has 0 aliphatic carbocycles. The highest BCUT2D eigenvalue weighted by Crippen LogP contribution is 2.23. The van der Waals surface area contributed by atoms with Crippen LogP contribution in [0.5, 0.6) is 0 Å². The summed E-state index contributed by atoms with van der Waals surface area (Å²) in [6.45, 7) is 2.45. The molecule has 1 N–H and O–H groups in total. The Balaban J connectivity index is 1.70. The average molecular weight is 332 g/mol. The summed E-state index contributed by atoms with van der Waals surface area (Å²) < 4.78 is 26.4. The van der Waals surface area contributed by atoms with Crippen LogP contribution in [0.3, 0.4) is 0 Å². The number of halogens is 2. The molecular formula is C17H18F2N4O. The molecule has 7 heteroatoms. The van der Waals surface area contributed by atoms with Crippen LogP contribution in [0.4, 0.5) is 14.7 Å². The first-order chi connectivity index (χ1) is 11.6. The van der Waals surface area contributed by atoms with Crippen molar-refractivity contribution >= 4 is 11.9 Å². The molecule has 0 radical (unpaired) electrons. The van der Waals surface area contributed by atoms with Crippen molar-refractivity contribution in [2.75, 3.05) is 11.4 Å². The first-order valence-electron chi connectivity index (χ1n) is 7.85. The lowest BCUT2D eigenvalue weighted by atomic mass is 10.1. The summed E-state index contributed by atoms with van der Waals surface area (Å²) in [7, 11) is 0. The van der Waals surface area contributed by atoms with E-state index in [9.17, 15) is 13.6 Å². The van der Waals surface area contributed by atoms with Gasteiger partial charge in [0.25, 0.3) is 0 Å². The standard InChI is InChI=1S/C17H18F2N4O/c1-11(12-5-6-13(18)14(19)10-12)22-16(24)15-4-2-9-23(15)17-20-7-3-8-21-17/h3,5-8,10-11,15H,2,4,9H2,1H3,(H,22,24)/t11-,15-/m0/s1. The normalized spacial score (nSPS) is 18.5. The molecule has 1 fully saturated rings. The Kier molecular flexibility index (Phi) is 4.69. The zero-order valence-electron chi connectivity index (χ0n) is 13.2. The number of carbonyl (C=O) groups is 1. The van der Waals surface area contributed by atoms with Gasteiger partial charge in [-0.25, -0.2) is 18.7 Å². The Bertz CT molecular complexity index is 726. The van der Waals surface area contributed by atoms with Gasteiger partial charge in [0, 0.05) is 18.9 Å². The average Bonchev–Trinajstić information content (AvgIpc) is 3.08. The third-order valence-corrected chi connectivity index (χ3v) is 4.17. The lowest BCUT2D eigenvalue weighted by Gasteiger charge is -2.25. The van der Waals surface area contributed by atoms with Crippen LogP contribution in [0.15, 0.2) is 36.7 Å². The largest absolute Gasteiger partial charge is 0.348 e. The number of carbonyl (C=O) groups excluding carboxylic acids is 1. The molecule has 0 spiro atoms. The van der Waals surface area contributed by atoms with E-state index in [0.717, 1.165) is 18.6 Å². The van der Waals surface area contributed by atoms with E-state index in [1.807, 2.05) is 4.90 Å². The smallest absolute Gasteiger partial charge is 0.243 e. The fraction of sp³-hybridized carbons (Fsp3) is 0.353. The number of anilines is 1. The van der Waals surface area contributed by atoms with Crippen molar-refractivity contribution < 1.29 is 13.6 Å². The second-order valence-corrected chi connectivity index (χ2v) is 5.80. The molecule has 3 rings (SSSR count). The topological polar surface area (TPSA) is 58.1 Å².